The fraction of sp³-hybridized carbons (Fsp3) is 0.846. The van der Waals surface area contributed by atoms with Crippen molar-refractivity contribution in [2.45, 2.75) is 55.9 Å². The van der Waals surface area contributed by atoms with E-state index in [-0.39, 0.29) is 23.3 Å². The summed E-state index contributed by atoms with van der Waals surface area (Å²) in [5.74, 6) is 1.03. The first-order valence-electron chi connectivity index (χ1n) is 7.48. The summed E-state index contributed by atoms with van der Waals surface area (Å²) in [5, 5.41) is 3.62. The first-order valence-corrected chi connectivity index (χ1v) is 8.98. The van der Waals surface area contributed by atoms with E-state index in [1.807, 2.05) is 0 Å². The number of sulfonamides is 1. The van der Waals surface area contributed by atoms with Crippen LogP contribution in [0, 0.1) is 6.92 Å². The van der Waals surface area contributed by atoms with E-state index in [1.54, 1.807) is 11.2 Å². The molecule has 7 nitrogen and oxygen atoms in total. The van der Waals surface area contributed by atoms with Crippen LogP contribution in [-0.4, -0.2) is 53.4 Å². The molecule has 0 bridgehead atoms. The Balaban J connectivity index is 1.64. The molecule has 0 unspecified atom stereocenters. The molecular formula is C13H19N3O4S. The molecule has 1 aromatic heterocycles. The Kier molecular flexibility index (Phi) is 3.09. The first kappa shape index (κ1) is 13.7. The molecule has 21 heavy (non-hydrogen) atoms. The molecule has 4 rings (SSSR count). The van der Waals surface area contributed by atoms with Crippen molar-refractivity contribution in [3.8, 4) is 0 Å². The van der Waals surface area contributed by atoms with Gasteiger partial charge in [-0.3, -0.25) is 0 Å². The zero-order chi connectivity index (χ0) is 14.6. The van der Waals surface area contributed by atoms with Crippen LogP contribution < -0.4 is 0 Å². The second-order valence-corrected chi connectivity index (χ2v) is 8.36. The van der Waals surface area contributed by atoms with Crippen molar-refractivity contribution in [2.24, 2.45) is 0 Å². The van der Waals surface area contributed by atoms with Crippen LogP contribution in [0.5, 0.6) is 0 Å². The fourth-order valence-electron chi connectivity index (χ4n) is 3.41. The third-order valence-electron chi connectivity index (χ3n) is 4.63. The van der Waals surface area contributed by atoms with Crippen molar-refractivity contribution < 1.29 is 17.7 Å². The van der Waals surface area contributed by atoms with Crippen molar-refractivity contribution in [1.82, 2.24) is 14.4 Å². The van der Waals surface area contributed by atoms with Crippen molar-refractivity contribution in [2.75, 3.05) is 13.2 Å². The van der Waals surface area contributed by atoms with Gasteiger partial charge in [0, 0.05) is 13.2 Å². The molecule has 0 amide bonds. The van der Waals surface area contributed by atoms with Crippen LogP contribution in [0.4, 0.5) is 0 Å². The summed E-state index contributed by atoms with van der Waals surface area (Å²) >= 11 is 0. The lowest BCUT2D eigenvalue weighted by molar-refractivity contribution is 0.0417. The molecule has 2 saturated heterocycles. The predicted molar refractivity (Wildman–Crippen MR) is 73.2 cm³/mol. The SMILES string of the molecule is Cc1noc([C@@H]2C[C@H]3OCC[C@H]3N(S(=O)(=O)C3CC3)C2)n1. The first-order chi connectivity index (χ1) is 10.1. The Labute approximate surface area is 123 Å². The highest BCUT2D eigenvalue weighted by atomic mass is 32.2. The highest BCUT2D eigenvalue weighted by Crippen LogP contribution is 2.41. The number of rotatable bonds is 3. The van der Waals surface area contributed by atoms with E-state index in [1.165, 1.54) is 0 Å². The molecule has 3 atom stereocenters. The lowest BCUT2D eigenvalue weighted by Gasteiger charge is -2.38. The zero-order valence-corrected chi connectivity index (χ0v) is 12.8. The Bertz CT molecular complexity index is 640. The second-order valence-electron chi connectivity index (χ2n) is 6.19. The highest BCUT2D eigenvalue weighted by Gasteiger charge is 2.50. The average molecular weight is 313 g/mol. The third-order valence-corrected chi connectivity index (χ3v) is 7.01. The Morgan fingerprint density at radius 3 is 2.76 bits per heavy atom. The molecule has 1 aromatic rings. The molecule has 1 aliphatic carbocycles. The largest absolute Gasteiger partial charge is 0.376 e. The maximum atomic E-state index is 12.7. The van der Waals surface area contributed by atoms with Gasteiger partial charge in [-0.2, -0.15) is 9.29 Å². The van der Waals surface area contributed by atoms with Crippen molar-refractivity contribution >= 4 is 10.0 Å². The Hall–Kier alpha value is -0.990. The summed E-state index contributed by atoms with van der Waals surface area (Å²) in [5.41, 5.74) is 0. The van der Waals surface area contributed by atoms with Gasteiger partial charge in [-0.05, 0) is 32.6 Å². The number of piperidine rings is 1. The maximum Gasteiger partial charge on any atom is 0.231 e. The van der Waals surface area contributed by atoms with E-state index < -0.39 is 10.0 Å². The van der Waals surface area contributed by atoms with Gasteiger partial charge < -0.3 is 9.26 Å². The fourth-order valence-corrected chi connectivity index (χ4v) is 5.53. The summed E-state index contributed by atoms with van der Waals surface area (Å²) in [4.78, 5) is 4.27. The molecule has 0 aromatic carbocycles. The summed E-state index contributed by atoms with van der Waals surface area (Å²) in [6, 6.07) is -0.0177. The smallest absolute Gasteiger partial charge is 0.231 e. The van der Waals surface area contributed by atoms with E-state index in [0.717, 1.165) is 25.7 Å². The van der Waals surface area contributed by atoms with Gasteiger partial charge in [0.1, 0.15) is 0 Å². The monoisotopic (exact) mass is 313 g/mol. The van der Waals surface area contributed by atoms with Gasteiger partial charge in [0.15, 0.2) is 5.82 Å². The molecule has 3 heterocycles. The van der Waals surface area contributed by atoms with Crippen LogP contribution >= 0.6 is 0 Å². The van der Waals surface area contributed by atoms with Gasteiger partial charge >= 0.3 is 0 Å². The zero-order valence-electron chi connectivity index (χ0n) is 11.9. The third kappa shape index (κ3) is 2.29. The molecule has 8 heteroatoms. The minimum atomic E-state index is -3.21. The van der Waals surface area contributed by atoms with E-state index in [0.29, 0.717) is 24.9 Å². The molecule has 0 N–H and O–H groups in total. The van der Waals surface area contributed by atoms with E-state index in [2.05, 4.69) is 10.1 Å². The molecule has 3 fully saturated rings. The van der Waals surface area contributed by atoms with Crippen LogP contribution in [0.25, 0.3) is 0 Å². The number of aryl methyl sites for hydroxylation is 1. The number of hydrogen-bond acceptors (Lipinski definition) is 6. The van der Waals surface area contributed by atoms with Crippen molar-refractivity contribution in [3.05, 3.63) is 11.7 Å². The second kappa shape index (κ2) is 4.76. The lowest BCUT2D eigenvalue weighted by Crippen LogP contribution is -2.52. The Morgan fingerprint density at radius 2 is 2.10 bits per heavy atom. The van der Waals surface area contributed by atoms with Gasteiger partial charge in [0.05, 0.1) is 23.3 Å². The molecule has 116 valence electrons. The number of aromatic nitrogens is 2. The summed E-state index contributed by atoms with van der Waals surface area (Å²) in [6.45, 7) is 2.83. The number of ether oxygens (including phenoxy) is 1. The molecule has 0 spiro atoms. The van der Waals surface area contributed by atoms with Gasteiger partial charge in [0.2, 0.25) is 15.9 Å². The van der Waals surface area contributed by atoms with Gasteiger partial charge in [-0.15, -0.1) is 0 Å². The maximum absolute atomic E-state index is 12.7. The van der Waals surface area contributed by atoms with Crippen LogP contribution in [0.1, 0.15) is 43.3 Å². The minimum Gasteiger partial charge on any atom is -0.376 e. The van der Waals surface area contributed by atoms with Gasteiger partial charge in [-0.25, -0.2) is 8.42 Å². The van der Waals surface area contributed by atoms with Crippen molar-refractivity contribution in [3.63, 3.8) is 0 Å². The normalized spacial score (nSPS) is 34.0. The lowest BCUT2D eigenvalue weighted by atomic mass is 9.92. The number of fused-ring (bicyclic) bond motifs is 1. The van der Waals surface area contributed by atoms with Crippen LogP contribution in [0.2, 0.25) is 0 Å². The average Bonchev–Trinajstić information content (AvgIpc) is 3.07. The van der Waals surface area contributed by atoms with Gasteiger partial charge in [-0.1, -0.05) is 5.16 Å². The topological polar surface area (TPSA) is 85.5 Å². The number of nitrogens with zero attached hydrogens (tertiary/aromatic N) is 3. The summed E-state index contributed by atoms with van der Waals surface area (Å²) < 4.78 is 38.0. The summed E-state index contributed by atoms with van der Waals surface area (Å²) in [7, 11) is -3.21. The number of hydrogen-bond donors (Lipinski definition) is 0. The van der Waals surface area contributed by atoms with Crippen molar-refractivity contribution in [1.29, 1.82) is 0 Å². The quantitative estimate of drug-likeness (QED) is 0.821. The van der Waals surface area contributed by atoms with Gasteiger partial charge in [0.25, 0.3) is 0 Å². The Morgan fingerprint density at radius 1 is 1.29 bits per heavy atom. The minimum absolute atomic E-state index is 0.0177. The van der Waals surface area contributed by atoms with Crippen LogP contribution in [0.15, 0.2) is 4.52 Å². The molecule has 0 radical (unpaired) electrons. The van der Waals surface area contributed by atoms with Crippen LogP contribution in [0.3, 0.4) is 0 Å². The molecule has 1 saturated carbocycles. The molecule has 2 aliphatic heterocycles. The van der Waals surface area contributed by atoms with E-state index >= 15 is 0 Å². The van der Waals surface area contributed by atoms with Crippen LogP contribution in [-0.2, 0) is 14.8 Å². The highest BCUT2D eigenvalue weighted by molar-refractivity contribution is 7.90. The summed E-state index contributed by atoms with van der Waals surface area (Å²) in [6.07, 6.45) is 3.04. The standard InChI is InChI=1S/C13H19N3O4S/c1-8-14-13(20-15-8)9-6-12-11(4-5-19-12)16(7-9)21(17,18)10-2-3-10/h9-12H,2-7H2,1H3/t9-,11-,12-/m1/s1. The van der Waals surface area contributed by atoms with E-state index in [9.17, 15) is 8.42 Å². The molecule has 3 aliphatic rings. The predicted octanol–water partition coefficient (Wildman–Crippen LogP) is 0.817. The van der Waals surface area contributed by atoms with E-state index in [4.69, 9.17) is 9.26 Å². The molecular weight excluding hydrogens is 294 g/mol.